The van der Waals surface area contributed by atoms with Gasteiger partial charge in [0.05, 0.1) is 24.6 Å². The van der Waals surface area contributed by atoms with Crippen LogP contribution in [0.3, 0.4) is 0 Å². The maximum atomic E-state index is 13.7. The normalized spacial score (nSPS) is 17.2. The first kappa shape index (κ1) is 27.4. The lowest BCUT2D eigenvalue weighted by Crippen LogP contribution is -2.42. The number of hydrogen-bond donors (Lipinski definition) is 1. The molecule has 38 heavy (non-hydrogen) atoms. The van der Waals surface area contributed by atoms with E-state index < -0.39 is 17.7 Å². The molecule has 1 aliphatic carbocycles. The van der Waals surface area contributed by atoms with E-state index in [1.165, 1.54) is 24.6 Å². The van der Waals surface area contributed by atoms with Gasteiger partial charge in [0.15, 0.2) is 0 Å². The fourth-order valence-electron chi connectivity index (χ4n) is 4.75. The van der Waals surface area contributed by atoms with Crippen molar-refractivity contribution in [3.63, 3.8) is 0 Å². The summed E-state index contributed by atoms with van der Waals surface area (Å²) in [5.74, 6) is -0.929. The number of methoxy groups -OCH3 is 1. The zero-order chi connectivity index (χ0) is 27.4. The van der Waals surface area contributed by atoms with Gasteiger partial charge < -0.3 is 15.0 Å². The molecule has 0 atom stereocenters. The first-order valence-electron chi connectivity index (χ1n) is 12.8. The molecule has 3 aromatic rings. The number of aromatic nitrogens is 1. The van der Waals surface area contributed by atoms with Crippen molar-refractivity contribution in [1.29, 1.82) is 0 Å². The molecule has 0 spiro atoms. The number of amides is 2. The molecular weight excluding hydrogens is 505 g/mol. The lowest BCUT2D eigenvalue weighted by atomic mass is 9.82. The summed E-state index contributed by atoms with van der Waals surface area (Å²) in [4.78, 5) is 45.5. The monoisotopic (exact) mass is 537 g/mol. The summed E-state index contributed by atoms with van der Waals surface area (Å²) in [6, 6.07) is 9.94. The maximum absolute atomic E-state index is 13.7. The van der Waals surface area contributed by atoms with E-state index in [1.807, 2.05) is 32.0 Å². The Labute approximate surface area is 226 Å². The number of nitrogens with zero attached hydrogens (tertiary/aromatic N) is 2. The van der Waals surface area contributed by atoms with Crippen molar-refractivity contribution >= 4 is 40.5 Å². The molecule has 1 aromatic carbocycles. The Morgan fingerprint density at radius 3 is 2.37 bits per heavy atom. The molecule has 7 nitrogen and oxygen atoms in total. The van der Waals surface area contributed by atoms with Gasteiger partial charge >= 0.3 is 5.97 Å². The SMILES string of the molecule is COC(=O)c1sc(-c2ccc(NC(=O)c3cncc(F)c3)cc2)cc1N(C(=O)C1CCC(C)CC1)C(C)C. The van der Waals surface area contributed by atoms with Gasteiger partial charge in [-0.2, -0.15) is 0 Å². The summed E-state index contributed by atoms with van der Waals surface area (Å²) in [7, 11) is 1.33. The Morgan fingerprint density at radius 2 is 1.76 bits per heavy atom. The Kier molecular flexibility index (Phi) is 8.56. The van der Waals surface area contributed by atoms with Crippen LogP contribution in [0.15, 0.2) is 48.8 Å². The molecule has 0 saturated heterocycles. The highest BCUT2D eigenvalue weighted by Gasteiger charge is 2.33. The number of hydrogen-bond acceptors (Lipinski definition) is 6. The lowest BCUT2D eigenvalue weighted by Gasteiger charge is -2.33. The molecule has 0 unspecified atom stereocenters. The highest BCUT2D eigenvalue weighted by atomic mass is 32.1. The van der Waals surface area contributed by atoms with Gasteiger partial charge in [-0.25, -0.2) is 9.18 Å². The van der Waals surface area contributed by atoms with E-state index in [0.717, 1.165) is 48.4 Å². The second-order valence-corrected chi connectivity index (χ2v) is 11.1. The van der Waals surface area contributed by atoms with Gasteiger partial charge in [0, 0.05) is 28.7 Å². The molecule has 2 heterocycles. The molecule has 2 aromatic heterocycles. The average Bonchev–Trinajstić information content (AvgIpc) is 3.33. The quantitative estimate of drug-likeness (QED) is 0.345. The molecule has 0 radical (unpaired) electrons. The Bertz CT molecular complexity index is 1310. The Hall–Kier alpha value is -3.59. The zero-order valence-corrected chi connectivity index (χ0v) is 22.8. The van der Waals surface area contributed by atoms with E-state index >= 15 is 0 Å². The van der Waals surface area contributed by atoms with Crippen molar-refractivity contribution in [2.75, 3.05) is 17.3 Å². The molecule has 1 fully saturated rings. The van der Waals surface area contributed by atoms with Crippen LogP contribution in [0.5, 0.6) is 0 Å². The fraction of sp³-hybridized carbons (Fsp3) is 0.379. The summed E-state index contributed by atoms with van der Waals surface area (Å²) in [6.07, 6.45) is 6.09. The van der Waals surface area contributed by atoms with Gasteiger partial charge in [-0.3, -0.25) is 14.6 Å². The van der Waals surface area contributed by atoms with Crippen LogP contribution in [-0.4, -0.2) is 35.9 Å². The molecule has 1 aliphatic rings. The Morgan fingerprint density at radius 1 is 1.08 bits per heavy atom. The number of halogens is 1. The highest BCUT2D eigenvalue weighted by molar-refractivity contribution is 7.18. The molecule has 0 aliphatic heterocycles. The number of carbonyl (C=O) groups is 3. The first-order chi connectivity index (χ1) is 18.2. The van der Waals surface area contributed by atoms with Crippen LogP contribution in [0.1, 0.15) is 66.5 Å². The minimum Gasteiger partial charge on any atom is -0.465 e. The number of benzene rings is 1. The number of pyridine rings is 1. The summed E-state index contributed by atoms with van der Waals surface area (Å²) in [6.45, 7) is 6.12. The zero-order valence-electron chi connectivity index (χ0n) is 22.0. The molecule has 9 heteroatoms. The van der Waals surface area contributed by atoms with Gasteiger partial charge in [-0.1, -0.05) is 19.1 Å². The van der Waals surface area contributed by atoms with Crippen molar-refractivity contribution in [2.45, 2.75) is 52.5 Å². The van der Waals surface area contributed by atoms with E-state index in [0.29, 0.717) is 22.2 Å². The number of anilines is 2. The third kappa shape index (κ3) is 6.10. The summed E-state index contributed by atoms with van der Waals surface area (Å²) in [5.41, 5.74) is 2.02. The fourth-order valence-corrected chi connectivity index (χ4v) is 5.83. The van der Waals surface area contributed by atoms with Crippen LogP contribution < -0.4 is 10.2 Å². The van der Waals surface area contributed by atoms with Crippen LogP contribution in [-0.2, 0) is 9.53 Å². The third-order valence-electron chi connectivity index (χ3n) is 6.86. The number of nitrogens with one attached hydrogen (secondary N) is 1. The van der Waals surface area contributed by atoms with Crippen LogP contribution in [0.25, 0.3) is 10.4 Å². The Balaban J connectivity index is 1.60. The van der Waals surface area contributed by atoms with Crippen molar-refractivity contribution in [2.24, 2.45) is 11.8 Å². The van der Waals surface area contributed by atoms with Crippen LogP contribution in [0.2, 0.25) is 0 Å². The molecular formula is C29H32FN3O4S. The number of esters is 1. The first-order valence-corrected chi connectivity index (χ1v) is 13.6. The summed E-state index contributed by atoms with van der Waals surface area (Å²) >= 11 is 1.27. The highest BCUT2D eigenvalue weighted by Crippen LogP contribution is 2.40. The maximum Gasteiger partial charge on any atom is 0.350 e. The number of rotatable bonds is 7. The number of thiophene rings is 1. The minimum atomic E-state index is -0.588. The van der Waals surface area contributed by atoms with E-state index in [9.17, 15) is 18.8 Å². The van der Waals surface area contributed by atoms with Gasteiger partial charge in [0.2, 0.25) is 5.91 Å². The predicted octanol–water partition coefficient (Wildman–Crippen LogP) is 6.56. The van der Waals surface area contributed by atoms with Crippen molar-refractivity contribution in [1.82, 2.24) is 4.98 Å². The molecule has 2 amide bonds. The van der Waals surface area contributed by atoms with Crippen LogP contribution >= 0.6 is 11.3 Å². The summed E-state index contributed by atoms with van der Waals surface area (Å²) in [5, 5.41) is 2.73. The summed E-state index contributed by atoms with van der Waals surface area (Å²) < 4.78 is 18.5. The van der Waals surface area contributed by atoms with Gasteiger partial charge in [-0.05, 0) is 75.3 Å². The van der Waals surface area contributed by atoms with Crippen molar-refractivity contribution < 1.29 is 23.5 Å². The van der Waals surface area contributed by atoms with E-state index in [4.69, 9.17) is 4.74 Å². The smallest absolute Gasteiger partial charge is 0.350 e. The second-order valence-electron chi connectivity index (χ2n) is 10.00. The lowest BCUT2D eigenvalue weighted by molar-refractivity contribution is -0.123. The third-order valence-corrected chi connectivity index (χ3v) is 8.01. The minimum absolute atomic E-state index is 0.0475. The van der Waals surface area contributed by atoms with E-state index in [-0.39, 0.29) is 23.4 Å². The van der Waals surface area contributed by atoms with E-state index in [1.54, 1.807) is 17.0 Å². The molecule has 0 bridgehead atoms. The van der Waals surface area contributed by atoms with E-state index in [2.05, 4.69) is 17.2 Å². The van der Waals surface area contributed by atoms with Gasteiger partial charge in [-0.15, -0.1) is 11.3 Å². The molecule has 200 valence electrons. The molecule has 1 saturated carbocycles. The number of carbonyl (C=O) groups excluding carboxylic acids is 3. The topological polar surface area (TPSA) is 88.6 Å². The van der Waals surface area contributed by atoms with Crippen LogP contribution in [0.4, 0.5) is 15.8 Å². The second kappa shape index (κ2) is 11.9. The molecule has 4 rings (SSSR count). The van der Waals surface area contributed by atoms with Crippen molar-refractivity contribution in [3.8, 4) is 10.4 Å². The van der Waals surface area contributed by atoms with Crippen LogP contribution in [0, 0.1) is 17.7 Å². The molecule has 1 N–H and O–H groups in total. The predicted molar refractivity (Wildman–Crippen MR) is 147 cm³/mol. The number of ether oxygens (including phenoxy) is 1. The van der Waals surface area contributed by atoms with Gasteiger partial charge in [0.1, 0.15) is 10.7 Å². The van der Waals surface area contributed by atoms with Crippen molar-refractivity contribution in [3.05, 3.63) is 65.0 Å². The standard InChI is InChI=1S/C29H32FN3O4S/c1-17(2)33(28(35)20-7-5-18(3)6-8-20)24-14-25(38-26(24)29(36)37-4)19-9-11-23(12-10-19)32-27(34)21-13-22(30)16-31-15-21/h9-18,20H,5-8H2,1-4H3,(H,32,34). The van der Waals surface area contributed by atoms with Gasteiger partial charge in [0.25, 0.3) is 5.91 Å². The average molecular weight is 538 g/mol. The largest absolute Gasteiger partial charge is 0.465 e.